The molecule has 0 amide bonds. The average Bonchev–Trinajstić information content (AvgIpc) is 0.882. The smallest absolute Gasteiger partial charge is 0.400 e. The van der Waals surface area contributed by atoms with E-state index in [1.165, 1.54) is 58.9 Å². The maximum atomic E-state index is 10.7. The van der Waals surface area contributed by atoms with Crippen LogP contribution in [0.3, 0.4) is 0 Å². The summed E-state index contributed by atoms with van der Waals surface area (Å²) < 4.78 is 57.5. The number of aliphatic hydroxyl groups excluding tert-OH is 3. The van der Waals surface area contributed by atoms with Gasteiger partial charge in [-0.1, -0.05) is 213 Å². The maximum absolute atomic E-state index is 10.7. The fourth-order valence-corrected chi connectivity index (χ4v) is 20.2. The van der Waals surface area contributed by atoms with Crippen LogP contribution in [-0.2, 0) is 50.3 Å². The first-order valence-corrected chi connectivity index (χ1v) is 60.4. The molecule has 0 aliphatic carbocycles. The number of benzene rings is 6. The van der Waals surface area contributed by atoms with Crippen LogP contribution in [0.15, 0.2) is 237 Å². The molecular weight excluding hydrogens is 1940 g/mol. The minimum atomic E-state index is -5.84. The minimum Gasteiger partial charge on any atom is -0.400 e. The van der Waals surface area contributed by atoms with Crippen LogP contribution < -0.4 is 31.1 Å². The molecule has 0 aliphatic heterocycles. The van der Waals surface area contributed by atoms with Crippen molar-refractivity contribution in [1.29, 1.82) is 0 Å². The molecule has 0 spiro atoms. The molecular formula is C93H120F3Ir2N6O6SSi6-2. The Bertz CT molecular complexity index is 4440. The molecule has 1 radical (unpaired) electrons. The number of aromatic nitrogens is 6. The van der Waals surface area contributed by atoms with Gasteiger partial charge in [0.1, 0.15) is 0 Å². The van der Waals surface area contributed by atoms with Gasteiger partial charge in [-0.3, -0.25) is 9.54 Å². The maximum Gasteiger partial charge on any atom is 3.00 e. The van der Waals surface area contributed by atoms with E-state index in [0.717, 1.165) is 76.2 Å². The molecule has 6 aromatic heterocycles. The minimum absolute atomic E-state index is 0. The van der Waals surface area contributed by atoms with Gasteiger partial charge in [-0.25, -0.2) is 0 Å². The number of hydrogen-bond acceptors (Lipinski definition) is 11. The number of rotatable bonds is 12. The summed E-state index contributed by atoms with van der Waals surface area (Å²) >= 11 is 0. The Morgan fingerprint density at radius 3 is 0.709 bits per heavy atom. The Morgan fingerprint density at radius 1 is 0.333 bits per heavy atom. The fraction of sp³-hybridized carbons (Fsp3) is 0.290. The van der Waals surface area contributed by atoms with Crippen LogP contribution in [0.25, 0.3) is 67.5 Å². The van der Waals surface area contributed by atoms with Crippen LogP contribution >= 0.6 is 0 Å². The number of alkyl halides is 3. The molecule has 0 atom stereocenters. The third-order valence-corrected chi connectivity index (χ3v) is 30.4. The van der Waals surface area contributed by atoms with E-state index in [4.69, 9.17) is 28.3 Å². The fourth-order valence-electron chi connectivity index (χ4n) is 11.3. The summed E-state index contributed by atoms with van der Waals surface area (Å²) in [4.78, 5) is 27.4. The Kier molecular flexibility index (Phi) is 46.3. The van der Waals surface area contributed by atoms with E-state index >= 15 is 0 Å². The predicted octanol–water partition coefficient (Wildman–Crippen LogP) is 19.6. The van der Waals surface area contributed by atoms with Crippen molar-refractivity contribution in [2.45, 2.75) is 158 Å². The number of aryl methyl sites for hydroxylation is 4. The van der Waals surface area contributed by atoms with Gasteiger partial charge in [0.2, 0.25) is 0 Å². The van der Waals surface area contributed by atoms with E-state index in [9.17, 15) is 13.2 Å². The molecule has 6 heterocycles. The summed E-state index contributed by atoms with van der Waals surface area (Å²) in [6.45, 7) is 52.9. The predicted molar refractivity (Wildman–Crippen MR) is 496 cm³/mol. The van der Waals surface area contributed by atoms with Crippen molar-refractivity contribution < 1.29 is 81.7 Å². The van der Waals surface area contributed by atoms with E-state index in [1.54, 1.807) is 6.92 Å². The molecule has 12 nitrogen and oxygen atoms in total. The van der Waals surface area contributed by atoms with Crippen LogP contribution in [0.2, 0.25) is 118 Å². The second-order valence-electron chi connectivity index (χ2n) is 32.9. The molecule has 0 aliphatic rings. The summed E-state index contributed by atoms with van der Waals surface area (Å²) in [6, 6.07) is 83.6. The van der Waals surface area contributed by atoms with Gasteiger partial charge in [0, 0.05) is 83.7 Å². The molecule has 4 N–H and O–H groups in total. The normalized spacial score (nSPS) is 11.0. The number of hydrogen-bond donors (Lipinski definition) is 4. The van der Waals surface area contributed by atoms with Crippen LogP contribution in [0, 0.1) is 58.0 Å². The molecule has 0 saturated carbocycles. The molecule has 0 fully saturated rings. The van der Waals surface area contributed by atoms with Gasteiger partial charge in [-0.15, -0.1) is 179 Å². The topological polar surface area (TPSA) is 192 Å². The average molecular weight is 2060 g/mol. The van der Waals surface area contributed by atoms with Gasteiger partial charge in [-0.2, -0.15) is 21.6 Å². The number of halogens is 3. The van der Waals surface area contributed by atoms with E-state index < -0.39 is 64.1 Å². The van der Waals surface area contributed by atoms with Crippen LogP contribution in [0.4, 0.5) is 13.2 Å². The summed E-state index contributed by atoms with van der Waals surface area (Å²) in [5.74, 6) is 0. The molecule has 117 heavy (non-hydrogen) atoms. The number of pyridine rings is 6. The largest absolute Gasteiger partial charge is 3.00 e. The first-order valence-electron chi connectivity index (χ1n) is 38.0. The van der Waals surface area contributed by atoms with Gasteiger partial charge in [0.05, 0.1) is 54.1 Å². The molecule has 0 saturated heterocycles. The Labute approximate surface area is 731 Å². The van der Waals surface area contributed by atoms with Crippen molar-refractivity contribution in [2.24, 2.45) is 0 Å². The van der Waals surface area contributed by atoms with Gasteiger partial charge in [0.15, 0.2) is 0 Å². The van der Waals surface area contributed by atoms with E-state index in [0.29, 0.717) is 0 Å². The van der Waals surface area contributed by atoms with E-state index in [-0.39, 0.29) is 46.8 Å². The van der Waals surface area contributed by atoms with Crippen molar-refractivity contribution in [1.82, 2.24) is 29.9 Å². The van der Waals surface area contributed by atoms with Crippen molar-refractivity contribution in [3.63, 3.8) is 0 Å². The molecule has 12 aromatic rings. The Balaban J connectivity index is 0.000000676. The van der Waals surface area contributed by atoms with Gasteiger partial charge in [-0.05, 0) is 100 Å². The first kappa shape index (κ1) is 107. The van der Waals surface area contributed by atoms with Crippen molar-refractivity contribution in [2.75, 3.05) is 20.8 Å². The molecule has 6 aromatic carbocycles. The molecule has 0 unspecified atom stereocenters. The van der Waals surface area contributed by atoms with E-state index in [2.05, 4.69) is 315 Å². The standard InChI is InChI=1S/4C15H18NSi.C14H17NSi.C14H16NSi.C2H6O.CHF3O3S.2CH4O.2Ir/c4*1-12-10-14(13-8-6-5-7-9-13)16-11-15(12)17(2,3)4;2*1-16(2,3)13-9-10-14(15-11-13)12-7-5-4-6-8-12;1-2-3;2-1(3,4)8(5,6)7;2*1-2;;/h4*5-8,10-11H,1-4H3;4-11H,1-3H3;4-7,9-11H,1-3H3;3H,2H2,1H3;(H,5,6,7);2*2H,1H3;;/q4*-1;;-1;;;;;;+3. The first-order chi connectivity index (χ1) is 53.7. The summed E-state index contributed by atoms with van der Waals surface area (Å²) in [5, 5.41) is 30.1. The Morgan fingerprint density at radius 2 is 0.538 bits per heavy atom. The molecule has 0 bridgehead atoms. The third-order valence-electron chi connectivity index (χ3n) is 17.2. The second kappa shape index (κ2) is 50.5. The molecule has 629 valence electrons. The SMILES string of the molecule is CCO.CO.CO.C[Si](C)(C)c1ccc(-c2[c-]cccc2)nc1.C[Si](C)(C)c1ccc(-c2ccccc2)nc1.Cc1cc(-c2[c-]cccc2)ncc1[Si](C)(C)C.Cc1cc(-c2[c-]cccc2)ncc1[Si](C)(C)C.Cc1cc(-c2[c-]cccc2)ncc1[Si](C)(C)C.Cc1cc(-c2[c-]cccc2)ncc1[Si](C)(C)C.O=S(=O)(O)C(F)(F)F.[Ir+3].[Ir]. The quantitative estimate of drug-likeness (QED) is 0.0392. The Hall–Kier alpha value is -7.60. The monoisotopic (exact) mass is 2060 g/mol. The van der Waals surface area contributed by atoms with Crippen molar-refractivity contribution in [3.05, 3.63) is 290 Å². The van der Waals surface area contributed by atoms with Crippen LogP contribution in [0.1, 0.15) is 29.2 Å². The van der Waals surface area contributed by atoms with Gasteiger partial charge >= 0.3 is 35.7 Å². The third kappa shape index (κ3) is 37.3. The summed E-state index contributed by atoms with van der Waals surface area (Å²) in [5.41, 5.74) is 12.5. The summed E-state index contributed by atoms with van der Waals surface area (Å²) in [6.07, 6.45) is 12.3. The van der Waals surface area contributed by atoms with Gasteiger partial charge < -0.3 is 40.2 Å². The zero-order valence-corrected chi connectivity index (χ0v) is 84.3. The van der Waals surface area contributed by atoms with E-state index in [1.807, 2.05) is 128 Å². The number of nitrogens with zero attached hydrogens (tertiary/aromatic N) is 6. The van der Waals surface area contributed by atoms with Gasteiger partial charge in [0.25, 0.3) is 0 Å². The zero-order chi connectivity index (χ0) is 86.8. The number of aliphatic hydroxyl groups is 3. The van der Waals surface area contributed by atoms with Crippen LogP contribution in [0.5, 0.6) is 0 Å². The second-order valence-corrected chi connectivity index (χ2v) is 64.6. The van der Waals surface area contributed by atoms with Crippen molar-refractivity contribution >= 4 is 89.7 Å². The van der Waals surface area contributed by atoms with Crippen molar-refractivity contribution in [3.8, 4) is 67.5 Å². The molecule has 24 heteroatoms. The summed E-state index contributed by atoms with van der Waals surface area (Å²) in [7, 11) is -11.4. The molecule has 12 rings (SSSR count). The van der Waals surface area contributed by atoms with Crippen LogP contribution in [-0.4, -0.2) is 133 Å². The zero-order valence-electron chi connectivity index (χ0n) is 72.7.